The number of carbonyl (C=O) groups excluding carboxylic acids is 1. The number of aryl methyl sites for hydroxylation is 1. The largest absolute Gasteiger partial charge is 0.550 e. The van der Waals surface area contributed by atoms with Gasteiger partial charge in [0.2, 0.25) is 0 Å². The molecule has 30 heavy (non-hydrogen) atoms. The third-order valence-electron chi connectivity index (χ3n) is 6.16. The Morgan fingerprint density at radius 1 is 0.767 bits per heavy atom. The van der Waals surface area contributed by atoms with Crippen molar-refractivity contribution in [3.05, 3.63) is 35.4 Å². The number of benzene rings is 1. The fourth-order valence-corrected chi connectivity index (χ4v) is 4.28. The van der Waals surface area contributed by atoms with Gasteiger partial charge in [0.15, 0.2) is 0 Å². The van der Waals surface area contributed by atoms with E-state index in [1.54, 1.807) is 0 Å². The monoisotopic (exact) mass is 417 g/mol. The SMILES string of the molecule is CCCCCCCCCCCCc1ccccc1C[N+](C)(C)CCCCCC(=O)[O-]. The second-order valence-corrected chi connectivity index (χ2v) is 9.70. The molecule has 3 nitrogen and oxygen atoms in total. The minimum atomic E-state index is -0.926. The topological polar surface area (TPSA) is 40.1 Å². The van der Waals surface area contributed by atoms with Crippen LogP contribution in [-0.4, -0.2) is 31.1 Å². The Labute approximate surface area is 186 Å². The number of carbonyl (C=O) groups is 1. The number of aliphatic carboxylic acids is 1. The molecule has 0 saturated carbocycles. The molecule has 0 aliphatic carbocycles. The smallest absolute Gasteiger partial charge is 0.104 e. The molecule has 0 aliphatic rings. The average Bonchev–Trinajstić information content (AvgIpc) is 2.69. The lowest BCUT2D eigenvalue weighted by molar-refractivity contribution is -0.903. The van der Waals surface area contributed by atoms with Gasteiger partial charge in [-0.3, -0.25) is 0 Å². The molecular weight excluding hydrogens is 370 g/mol. The van der Waals surface area contributed by atoms with E-state index in [9.17, 15) is 9.90 Å². The van der Waals surface area contributed by atoms with Crippen molar-refractivity contribution in [3.63, 3.8) is 0 Å². The summed E-state index contributed by atoms with van der Waals surface area (Å²) in [4.78, 5) is 10.5. The first-order valence-corrected chi connectivity index (χ1v) is 12.5. The van der Waals surface area contributed by atoms with Crippen LogP contribution in [0.15, 0.2) is 24.3 Å². The summed E-state index contributed by atoms with van der Waals surface area (Å²) in [6, 6.07) is 8.94. The van der Waals surface area contributed by atoms with E-state index in [0.29, 0.717) is 0 Å². The average molecular weight is 418 g/mol. The molecule has 0 bridgehead atoms. The minimum absolute atomic E-state index is 0.190. The molecule has 0 N–H and O–H groups in total. The van der Waals surface area contributed by atoms with Crippen molar-refractivity contribution in [3.8, 4) is 0 Å². The number of hydrogen-bond acceptors (Lipinski definition) is 2. The van der Waals surface area contributed by atoms with Crippen LogP contribution < -0.4 is 5.11 Å². The highest BCUT2D eigenvalue weighted by atomic mass is 16.4. The predicted molar refractivity (Wildman–Crippen MR) is 126 cm³/mol. The Bertz CT molecular complexity index is 568. The molecule has 3 heteroatoms. The minimum Gasteiger partial charge on any atom is -0.550 e. The van der Waals surface area contributed by atoms with Crippen molar-refractivity contribution in [2.45, 2.75) is 110 Å². The maximum atomic E-state index is 10.5. The van der Waals surface area contributed by atoms with Gasteiger partial charge in [0.25, 0.3) is 0 Å². The molecule has 0 heterocycles. The number of carboxylic acids is 1. The fourth-order valence-electron chi connectivity index (χ4n) is 4.28. The molecule has 0 unspecified atom stereocenters. The molecule has 1 aromatic carbocycles. The van der Waals surface area contributed by atoms with Crippen LogP contribution in [0.5, 0.6) is 0 Å². The summed E-state index contributed by atoms with van der Waals surface area (Å²) in [6.45, 7) is 4.41. The van der Waals surface area contributed by atoms with Crippen molar-refractivity contribution in [2.24, 2.45) is 0 Å². The Morgan fingerprint density at radius 2 is 1.30 bits per heavy atom. The zero-order chi connectivity index (χ0) is 22.1. The molecule has 1 aromatic rings. The van der Waals surface area contributed by atoms with E-state index < -0.39 is 5.97 Å². The van der Waals surface area contributed by atoms with E-state index >= 15 is 0 Å². The number of carboxylic acid groups (broad SMARTS) is 1. The summed E-state index contributed by atoms with van der Waals surface area (Å²) in [5.74, 6) is -0.926. The number of nitrogens with zero attached hydrogens (tertiary/aromatic N) is 1. The second kappa shape index (κ2) is 16.4. The van der Waals surface area contributed by atoms with Gasteiger partial charge in [0, 0.05) is 11.5 Å². The van der Waals surface area contributed by atoms with E-state index in [4.69, 9.17) is 0 Å². The summed E-state index contributed by atoms with van der Waals surface area (Å²) >= 11 is 0. The molecule has 172 valence electrons. The lowest BCUT2D eigenvalue weighted by atomic mass is 9.99. The van der Waals surface area contributed by atoms with E-state index in [-0.39, 0.29) is 6.42 Å². The molecule has 0 aromatic heterocycles. The van der Waals surface area contributed by atoms with E-state index in [1.807, 2.05) is 0 Å². The van der Waals surface area contributed by atoms with Gasteiger partial charge in [-0.1, -0.05) is 89.0 Å². The van der Waals surface area contributed by atoms with Gasteiger partial charge < -0.3 is 14.4 Å². The van der Waals surface area contributed by atoms with Gasteiger partial charge in [-0.05, 0) is 44.1 Å². The van der Waals surface area contributed by atoms with Crippen molar-refractivity contribution in [2.75, 3.05) is 20.6 Å². The van der Waals surface area contributed by atoms with Gasteiger partial charge >= 0.3 is 0 Å². The molecule has 0 radical (unpaired) electrons. The van der Waals surface area contributed by atoms with Gasteiger partial charge in [0.1, 0.15) is 6.54 Å². The normalized spacial score (nSPS) is 11.7. The molecule has 0 fully saturated rings. The van der Waals surface area contributed by atoms with Crippen molar-refractivity contribution in [1.82, 2.24) is 0 Å². The lowest BCUT2D eigenvalue weighted by Crippen LogP contribution is -2.39. The zero-order valence-electron chi connectivity index (χ0n) is 20.1. The van der Waals surface area contributed by atoms with Gasteiger partial charge in [-0.25, -0.2) is 0 Å². The Hall–Kier alpha value is -1.35. The maximum absolute atomic E-state index is 10.5. The first kappa shape index (κ1) is 26.7. The Balaban J connectivity index is 2.26. The third-order valence-corrected chi connectivity index (χ3v) is 6.16. The highest BCUT2D eigenvalue weighted by Gasteiger charge is 2.17. The fraction of sp³-hybridized carbons (Fsp3) is 0.741. The Morgan fingerprint density at radius 3 is 1.90 bits per heavy atom. The van der Waals surface area contributed by atoms with Crippen LogP contribution in [0, 0.1) is 0 Å². The van der Waals surface area contributed by atoms with Crippen molar-refractivity contribution in [1.29, 1.82) is 0 Å². The van der Waals surface area contributed by atoms with Gasteiger partial charge in [-0.15, -0.1) is 0 Å². The quantitative estimate of drug-likeness (QED) is 0.203. The first-order chi connectivity index (χ1) is 14.4. The van der Waals surface area contributed by atoms with Crippen LogP contribution in [0.1, 0.15) is 108 Å². The predicted octanol–water partition coefficient (Wildman–Crippen LogP) is 6.04. The lowest BCUT2D eigenvalue weighted by Gasteiger charge is -2.31. The second-order valence-electron chi connectivity index (χ2n) is 9.70. The third kappa shape index (κ3) is 13.8. The Kier molecular flexibility index (Phi) is 14.5. The summed E-state index contributed by atoms with van der Waals surface area (Å²) in [7, 11) is 4.58. The molecule has 0 amide bonds. The summed E-state index contributed by atoms with van der Waals surface area (Å²) in [5, 5.41) is 10.5. The van der Waals surface area contributed by atoms with Crippen LogP contribution >= 0.6 is 0 Å². The maximum Gasteiger partial charge on any atom is 0.104 e. The number of hydrogen-bond donors (Lipinski definition) is 0. The van der Waals surface area contributed by atoms with E-state index in [0.717, 1.165) is 36.8 Å². The van der Waals surface area contributed by atoms with Crippen LogP contribution in [0.4, 0.5) is 0 Å². The highest BCUT2D eigenvalue weighted by Crippen LogP contribution is 2.19. The molecule has 0 spiro atoms. The summed E-state index contributed by atoms with van der Waals surface area (Å²) in [6.07, 6.45) is 18.0. The summed E-state index contributed by atoms with van der Waals surface area (Å²) in [5.41, 5.74) is 2.99. The van der Waals surface area contributed by atoms with E-state index in [2.05, 4.69) is 45.3 Å². The van der Waals surface area contributed by atoms with Crippen LogP contribution in [0.25, 0.3) is 0 Å². The number of quaternary nitrogens is 1. The van der Waals surface area contributed by atoms with E-state index in [1.165, 1.54) is 81.8 Å². The van der Waals surface area contributed by atoms with Gasteiger partial charge in [0.05, 0.1) is 20.6 Å². The molecule has 0 saturated heterocycles. The van der Waals surface area contributed by atoms with Crippen LogP contribution in [-0.2, 0) is 17.8 Å². The standard InChI is InChI=1S/C27H47NO2/c1-4-5-6-7-8-9-10-11-12-14-19-25-20-16-17-21-26(25)24-28(2,3)23-18-13-15-22-27(29)30/h16-17,20-21H,4-15,18-19,22-24H2,1-3H3. The van der Waals surface area contributed by atoms with Crippen LogP contribution in [0.2, 0.25) is 0 Å². The molecule has 0 atom stereocenters. The number of unbranched alkanes of at least 4 members (excludes halogenated alkanes) is 11. The summed E-state index contributed by atoms with van der Waals surface area (Å²) < 4.78 is 0.959. The molecule has 1 rings (SSSR count). The van der Waals surface area contributed by atoms with Gasteiger partial charge in [-0.2, -0.15) is 0 Å². The molecule has 0 aliphatic heterocycles. The first-order valence-electron chi connectivity index (χ1n) is 12.5. The van der Waals surface area contributed by atoms with Crippen LogP contribution in [0.3, 0.4) is 0 Å². The zero-order valence-corrected chi connectivity index (χ0v) is 20.1. The molecular formula is C27H47NO2. The highest BCUT2D eigenvalue weighted by molar-refractivity contribution is 5.64. The van der Waals surface area contributed by atoms with Crippen molar-refractivity contribution < 1.29 is 14.4 Å². The van der Waals surface area contributed by atoms with Crippen molar-refractivity contribution >= 4 is 5.97 Å². The number of rotatable bonds is 19.